The van der Waals surface area contributed by atoms with Gasteiger partial charge in [-0.1, -0.05) is 0 Å². The number of nitrogen functional groups attached to an aromatic ring is 1. The first-order chi connectivity index (χ1) is 8.54. The molecule has 0 aliphatic heterocycles. The molecule has 0 saturated carbocycles. The number of halogens is 1. The van der Waals surface area contributed by atoms with Crippen molar-refractivity contribution < 1.29 is 4.79 Å². The second-order valence-electron chi connectivity index (χ2n) is 3.98. The van der Waals surface area contributed by atoms with Gasteiger partial charge in [-0.25, -0.2) is 0 Å². The lowest BCUT2D eigenvalue weighted by molar-refractivity contribution is -0.116. The van der Waals surface area contributed by atoms with Crippen LogP contribution in [0.15, 0.2) is 35.1 Å². The topological polar surface area (TPSA) is 72.9 Å². The van der Waals surface area contributed by atoms with E-state index in [1.807, 2.05) is 13.0 Å². The van der Waals surface area contributed by atoms with Gasteiger partial charge in [-0.05, 0) is 46.6 Å². The van der Waals surface area contributed by atoms with E-state index in [0.29, 0.717) is 5.69 Å². The Morgan fingerprint density at radius 3 is 2.94 bits per heavy atom. The molecule has 0 saturated heterocycles. The first-order valence-electron chi connectivity index (χ1n) is 5.38. The Kier molecular flexibility index (Phi) is 3.66. The van der Waals surface area contributed by atoms with E-state index in [9.17, 15) is 4.79 Å². The van der Waals surface area contributed by atoms with Crippen molar-refractivity contribution in [1.29, 1.82) is 0 Å². The second kappa shape index (κ2) is 5.22. The van der Waals surface area contributed by atoms with Gasteiger partial charge in [-0.15, -0.1) is 0 Å². The molecule has 0 aliphatic rings. The molecule has 0 atom stereocenters. The van der Waals surface area contributed by atoms with Gasteiger partial charge in [0.25, 0.3) is 0 Å². The fourth-order valence-electron chi connectivity index (χ4n) is 1.59. The van der Waals surface area contributed by atoms with Crippen LogP contribution in [-0.4, -0.2) is 15.7 Å². The molecule has 0 fully saturated rings. The van der Waals surface area contributed by atoms with Gasteiger partial charge in [0.2, 0.25) is 5.91 Å². The largest absolute Gasteiger partial charge is 0.399 e. The van der Waals surface area contributed by atoms with E-state index in [0.717, 1.165) is 15.7 Å². The van der Waals surface area contributed by atoms with Gasteiger partial charge < -0.3 is 11.1 Å². The normalized spacial score (nSPS) is 10.3. The standard InChI is InChI=1S/C12H13BrN4O/c1-8-4-10(14)2-3-11(8)16-12(18)7-17-6-9(13)5-15-17/h2-6H,7,14H2,1H3,(H,16,18). The van der Waals surface area contributed by atoms with Crippen LogP contribution in [0, 0.1) is 6.92 Å². The molecule has 94 valence electrons. The van der Waals surface area contributed by atoms with Gasteiger partial charge >= 0.3 is 0 Å². The minimum atomic E-state index is -0.126. The van der Waals surface area contributed by atoms with E-state index < -0.39 is 0 Å². The number of anilines is 2. The van der Waals surface area contributed by atoms with Crippen LogP contribution in [0.1, 0.15) is 5.56 Å². The molecular formula is C12H13BrN4O. The predicted molar refractivity (Wildman–Crippen MR) is 74.1 cm³/mol. The molecule has 0 radical (unpaired) electrons. The highest BCUT2D eigenvalue weighted by atomic mass is 79.9. The first kappa shape index (κ1) is 12.6. The molecule has 1 amide bonds. The summed E-state index contributed by atoms with van der Waals surface area (Å²) in [7, 11) is 0. The molecule has 0 spiro atoms. The molecule has 18 heavy (non-hydrogen) atoms. The minimum absolute atomic E-state index is 0.126. The van der Waals surface area contributed by atoms with E-state index in [4.69, 9.17) is 5.73 Å². The third-order valence-electron chi connectivity index (χ3n) is 2.43. The highest BCUT2D eigenvalue weighted by molar-refractivity contribution is 9.10. The number of aryl methyl sites for hydroxylation is 1. The average Bonchev–Trinajstić information content (AvgIpc) is 2.68. The number of benzene rings is 1. The van der Waals surface area contributed by atoms with Crippen LogP contribution in [0.25, 0.3) is 0 Å². The molecule has 2 rings (SSSR count). The Morgan fingerprint density at radius 1 is 1.56 bits per heavy atom. The van der Waals surface area contributed by atoms with Gasteiger partial charge in [0.05, 0.1) is 10.7 Å². The van der Waals surface area contributed by atoms with Gasteiger partial charge in [0, 0.05) is 17.6 Å². The summed E-state index contributed by atoms with van der Waals surface area (Å²) in [5.74, 6) is -0.126. The molecule has 0 unspecified atom stereocenters. The molecule has 0 bridgehead atoms. The average molecular weight is 309 g/mol. The molecule has 0 aliphatic carbocycles. The zero-order valence-corrected chi connectivity index (χ0v) is 11.4. The van der Waals surface area contributed by atoms with E-state index in [2.05, 4.69) is 26.3 Å². The van der Waals surface area contributed by atoms with Gasteiger partial charge in [0.15, 0.2) is 0 Å². The molecule has 2 aromatic rings. The van der Waals surface area contributed by atoms with Crippen LogP contribution in [0.2, 0.25) is 0 Å². The number of nitrogens with one attached hydrogen (secondary N) is 1. The summed E-state index contributed by atoms with van der Waals surface area (Å²) in [5.41, 5.74) is 8.03. The summed E-state index contributed by atoms with van der Waals surface area (Å²) in [6.07, 6.45) is 3.39. The zero-order chi connectivity index (χ0) is 13.1. The van der Waals surface area contributed by atoms with E-state index in [-0.39, 0.29) is 12.5 Å². The SMILES string of the molecule is Cc1cc(N)ccc1NC(=O)Cn1cc(Br)cn1. The number of hydrogen-bond donors (Lipinski definition) is 2. The quantitative estimate of drug-likeness (QED) is 0.854. The maximum Gasteiger partial charge on any atom is 0.246 e. The third-order valence-corrected chi connectivity index (χ3v) is 2.84. The third kappa shape index (κ3) is 3.10. The summed E-state index contributed by atoms with van der Waals surface area (Å²) in [5, 5.41) is 6.85. The Bertz CT molecular complexity index is 579. The molecule has 1 aromatic heterocycles. The lowest BCUT2D eigenvalue weighted by Gasteiger charge is -2.09. The van der Waals surface area contributed by atoms with Crippen molar-refractivity contribution in [3.63, 3.8) is 0 Å². The monoisotopic (exact) mass is 308 g/mol. The molecule has 5 nitrogen and oxygen atoms in total. The number of carbonyl (C=O) groups is 1. The fraction of sp³-hybridized carbons (Fsp3) is 0.167. The van der Waals surface area contributed by atoms with E-state index in [1.165, 1.54) is 0 Å². The van der Waals surface area contributed by atoms with Gasteiger partial charge in [0.1, 0.15) is 6.54 Å². The number of nitrogens with zero attached hydrogens (tertiary/aromatic N) is 2. The summed E-state index contributed by atoms with van der Waals surface area (Å²) in [6, 6.07) is 5.37. The summed E-state index contributed by atoms with van der Waals surface area (Å²) in [6.45, 7) is 2.08. The van der Waals surface area contributed by atoms with Crippen LogP contribution in [0.5, 0.6) is 0 Å². The van der Waals surface area contributed by atoms with E-state index >= 15 is 0 Å². The Labute approximate surface area is 113 Å². The van der Waals surface area contributed by atoms with E-state index in [1.54, 1.807) is 29.2 Å². The number of amides is 1. The zero-order valence-electron chi connectivity index (χ0n) is 9.85. The molecular weight excluding hydrogens is 296 g/mol. The fourth-order valence-corrected chi connectivity index (χ4v) is 1.92. The number of hydrogen-bond acceptors (Lipinski definition) is 3. The predicted octanol–water partition coefficient (Wildman–Crippen LogP) is 2.17. The summed E-state index contributed by atoms with van der Waals surface area (Å²) < 4.78 is 2.41. The smallest absolute Gasteiger partial charge is 0.246 e. The lowest BCUT2D eigenvalue weighted by Crippen LogP contribution is -2.19. The number of carbonyl (C=O) groups excluding carboxylic acids is 1. The van der Waals surface area contributed by atoms with Gasteiger partial charge in [-0.3, -0.25) is 9.48 Å². The maximum absolute atomic E-state index is 11.8. The van der Waals surface area contributed by atoms with Gasteiger partial charge in [-0.2, -0.15) is 5.10 Å². The van der Waals surface area contributed by atoms with Crippen LogP contribution in [0.4, 0.5) is 11.4 Å². The number of nitrogens with two attached hydrogens (primary N) is 1. The molecule has 6 heteroatoms. The first-order valence-corrected chi connectivity index (χ1v) is 6.18. The maximum atomic E-state index is 11.8. The van der Waals surface area contributed by atoms with Crippen LogP contribution >= 0.6 is 15.9 Å². The van der Waals surface area contributed by atoms with Crippen LogP contribution in [-0.2, 0) is 11.3 Å². The second-order valence-corrected chi connectivity index (χ2v) is 4.89. The molecule has 1 aromatic carbocycles. The lowest BCUT2D eigenvalue weighted by atomic mass is 10.2. The minimum Gasteiger partial charge on any atom is -0.399 e. The molecule has 3 N–H and O–H groups in total. The summed E-state index contributed by atoms with van der Waals surface area (Å²) >= 11 is 3.28. The Balaban J connectivity index is 2.03. The highest BCUT2D eigenvalue weighted by Crippen LogP contribution is 2.17. The van der Waals surface area contributed by atoms with Crippen LogP contribution in [0.3, 0.4) is 0 Å². The van der Waals surface area contributed by atoms with Crippen molar-refractivity contribution in [2.24, 2.45) is 0 Å². The van der Waals surface area contributed by atoms with Crippen molar-refractivity contribution in [3.8, 4) is 0 Å². The Hall–Kier alpha value is -1.82. The van der Waals surface area contributed by atoms with Crippen molar-refractivity contribution in [3.05, 3.63) is 40.6 Å². The van der Waals surface area contributed by atoms with Crippen molar-refractivity contribution in [2.45, 2.75) is 13.5 Å². The number of rotatable bonds is 3. The van der Waals surface area contributed by atoms with Crippen LogP contribution < -0.4 is 11.1 Å². The van der Waals surface area contributed by atoms with Crippen molar-refractivity contribution in [2.75, 3.05) is 11.1 Å². The highest BCUT2D eigenvalue weighted by Gasteiger charge is 2.06. The Morgan fingerprint density at radius 2 is 2.33 bits per heavy atom. The number of aromatic nitrogens is 2. The van der Waals surface area contributed by atoms with Crippen molar-refractivity contribution in [1.82, 2.24) is 9.78 Å². The molecule has 1 heterocycles. The van der Waals surface area contributed by atoms with Crippen molar-refractivity contribution >= 4 is 33.2 Å². The summed E-state index contributed by atoms with van der Waals surface area (Å²) in [4.78, 5) is 11.8.